The van der Waals surface area contributed by atoms with Crippen molar-refractivity contribution in [2.24, 2.45) is 0 Å². The minimum atomic E-state index is -4.33. The van der Waals surface area contributed by atoms with Crippen LogP contribution in [-0.4, -0.2) is 73.4 Å². The standard InChI is InChI=1S/C39H75N2O6P/c1-6-8-10-12-13-14-15-16-17-18-19-20-21-22-23-24-25-26-27-28-29-30-32-38(42)37(40-39(43)33-31-11-9-7-2)36-47-48(44,45)46-35-34-41(3,4)5/h22-23,26-27,30,32,37-38,42H,6-21,24-25,28-29,31,33-36H2,1-5H3,(H-,40,43,44,45)/p+1/b23-22+,27-26+,32-30+. The first-order valence-corrected chi connectivity index (χ1v) is 20.9. The van der Waals surface area contributed by atoms with Crippen LogP contribution in [0.1, 0.15) is 155 Å². The van der Waals surface area contributed by atoms with Gasteiger partial charge in [-0.1, -0.05) is 140 Å². The number of nitrogens with zero attached hydrogens (tertiary/aromatic N) is 1. The van der Waals surface area contributed by atoms with Crippen LogP contribution in [0.2, 0.25) is 0 Å². The van der Waals surface area contributed by atoms with E-state index in [0.29, 0.717) is 17.4 Å². The second kappa shape index (κ2) is 31.7. The molecular formula is C39H76N2O6P+. The number of aliphatic hydroxyl groups excluding tert-OH is 1. The second-order valence-electron chi connectivity index (χ2n) is 14.3. The van der Waals surface area contributed by atoms with E-state index in [-0.39, 0.29) is 19.1 Å². The molecule has 0 spiro atoms. The van der Waals surface area contributed by atoms with Gasteiger partial charge in [0.2, 0.25) is 5.91 Å². The number of amides is 1. The summed E-state index contributed by atoms with van der Waals surface area (Å²) in [6, 6.07) is -0.861. The summed E-state index contributed by atoms with van der Waals surface area (Å²) in [7, 11) is 1.54. The van der Waals surface area contributed by atoms with Gasteiger partial charge in [0.25, 0.3) is 0 Å². The molecule has 0 aliphatic carbocycles. The number of rotatable bonds is 34. The fraction of sp³-hybridized carbons (Fsp3) is 0.821. The molecule has 0 aromatic rings. The number of likely N-dealkylation sites (N-methyl/N-ethyl adjacent to an activating group) is 1. The average molecular weight is 700 g/mol. The molecule has 3 atom stereocenters. The van der Waals surface area contributed by atoms with Crippen LogP contribution in [0.4, 0.5) is 0 Å². The Labute approximate surface area is 296 Å². The number of hydrogen-bond acceptors (Lipinski definition) is 5. The van der Waals surface area contributed by atoms with Crippen molar-refractivity contribution in [3.05, 3.63) is 36.5 Å². The van der Waals surface area contributed by atoms with Crippen LogP contribution in [0.3, 0.4) is 0 Å². The number of phosphoric acid groups is 1. The Morgan fingerprint density at radius 3 is 1.67 bits per heavy atom. The zero-order valence-electron chi connectivity index (χ0n) is 31.7. The van der Waals surface area contributed by atoms with Gasteiger partial charge in [-0.3, -0.25) is 13.8 Å². The van der Waals surface area contributed by atoms with Gasteiger partial charge in [-0.15, -0.1) is 0 Å². The molecule has 0 aliphatic heterocycles. The Morgan fingerprint density at radius 1 is 0.688 bits per heavy atom. The number of aliphatic hydroxyl groups is 1. The average Bonchev–Trinajstić information content (AvgIpc) is 3.03. The summed E-state index contributed by atoms with van der Waals surface area (Å²) in [5.41, 5.74) is 0. The van der Waals surface area contributed by atoms with Crippen molar-refractivity contribution in [3.8, 4) is 0 Å². The summed E-state index contributed by atoms with van der Waals surface area (Å²) >= 11 is 0. The Hall–Kier alpha value is -1.28. The summed E-state index contributed by atoms with van der Waals surface area (Å²) in [6.07, 6.45) is 37.1. The largest absolute Gasteiger partial charge is 0.472 e. The molecular weight excluding hydrogens is 623 g/mol. The quantitative estimate of drug-likeness (QED) is 0.0267. The molecule has 0 heterocycles. The summed E-state index contributed by atoms with van der Waals surface area (Å²) in [5, 5.41) is 13.6. The summed E-state index contributed by atoms with van der Waals surface area (Å²) in [4.78, 5) is 22.6. The van der Waals surface area contributed by atoms with E-state index in [9.17, 15) is 19.4 Å². The minimum Gasteiger partial charge on any atom is -0.387 e. The van der Waals surface area contributed by atoms with Gasteiger partial charge in [-0.25, -0.2) is 4.57 Å². The normalized spacial score (nSPS) is 15.1. The van der Waals surface area contributed by atoms with E-state index in [2.05, 4.69) is 43.5 Å². The van der Waals surface area contributed by atoms with E-state index >= 15 is 0 Å². The van der Waals surface area contributed by atoms with Gasteiger partial charge in [-0.05, 0) is 44.9 Å². The van der Waals surface area contributed by atoms with Crippen LogP contribution < -0.4 is 5.32 Å². The van der Waals surface area contributed by atoms with Crippen molar-refractivity contribution in [3.63, 3.8) is 0 Å². The number of allylic oxidation sites excluding steroid dienone is 5. The van der Waals surface area contributed by atoms with Crippen molar-refractivity contribution in [2.45, 2.75) is 167 Å². The Morgan fingerprint density at radius 2 is 1.15 bits per heavy atom. The van der Waals surface area contributed by atoms with Crippen molar-refractivity contribution in [2.75, 3.05) is 40.9 Å². The molecule has 0 aromatic carbocycles. The third-order valence-corrected chi connectivity index (χ3v) is 9.32. The Balaban J connectivity index is 4.29. The van der Waals surface area contributed by atoms with Crippen molar-refractivity contribution < 1.29 is 32.9 Å². The lowest BCUT2D eigenvalue weighted by Gasteiger charge is -2.25. The number of carbonyl (C=O) groups excluding carboxylic acids is 1. The first-order chi connectivity index (χ1) is 23.0. The molecule has 9 heteroatoms. The number of nitrogens with one attached hydrogen (secondary N) is 1. The molecule has 3 N–H and O–H groups in total. The maximum atomic E-state index is 12.5. The van der Waals surface area contributed by atoms with Gasteiger partial charge in [0, 0.05) is 6.42 Å². The maximum absolute atomic E-state index is 12.5. The zero-order chi connectivity index (χ0) is 35.8. The smallest absolute Gasteiger partial charge is 0.387 e. The number of hydrogen-bond donors (Lipinski definition) is 3. The van der Waals surface area contributed by atoms with Crippen molar-refractivity contribution in [1.82, 2.24) is 5.32 Å². The van der Waals surface area contributed by atoms with Crippen molar-refractivity contribution >= 4 is 13.7 Å². The highest BCUT2D eigenvalue weighted by Gasteiger charge is 2.27. The topological polar surface area (TPSA) is 105 Å². The molecule has 3 unspecified atom stereocenters. The summed E-state index contributed by atoms with van der Waals surface area (Å²) in [6.45, 7) is 4.63. The van der Waals surface area contributed by atoms with E-state index < -0.39 is 20.0 Å². The molecule has 0 bridgehead atoms. The Kier molecular flexibility index (Phi) is 30.8. The highest BCUT2D eigenvalue weighted by atomic mass is 31.2. The molecule has 0 radical (unpaired) electrons. The molecule has 0 aromatic heterocycles. The van der Waals surface area contributed by atoms with Gasteiger partial charge in [0.05, 0.1) is 39.9 Å². The van der Waals surface area contributed by atoms with Gasteiger partial charge < -0.3 is 19.8 Å². The maximum Gasteiger partial charge on any atom is 0.472 e. The monoisotopic (exact) mass is 700 g/mol. The van der Waals surface area contributed by atoms with E-state index in [4.69, 9.17) is 9.05 Å². The number of unbranched alkanes of at least 4 members (excludes halogenated alkanes) is 17. The lowest BCUT2D eigenvalue weighted by atomic mass is 10.0. The fourth-order valence-electron chi connectivity index (χ4n) is 5.19. The van der Waals surface area contributed by atoms with Crippen LogP contribution in [-0.2, 0) is 18.4 Å². The van der Waals surface area contributed by atoms with Gasteiger partial charge in [0.1, 0.15) is 13.2 Å². The number of quaternary nitrogens is 1. The first-order valence-electron chi connectivity index (χ1n) is 19.4. The third kappa shape index (κ3) is 33.2. The predicted molar refractivity (Wildman–Crippen MR) is 203 cm³/mol. The fourth-order valence-corrected chi connectivity index (χ4v) is 5.92. The third-order valence-electron chi connectivity index (χ3n) is 8.34. The van der Waals surface area contributed by atoms with E-state index in [1.54, 1.807) is 6.08 Å². The zero-order valence-corrected chi connectivity index (χ0v) is 32.6. The van der Waals surface area contributed by atoms with E-state index in [0.717, 1.165) is 51.4 Å². The van der Waals surface area contributed by atoms with E-state index in [1.807, 2.05) is 27.2 Å². The van der Waals surface area contributed by atoms with Crippen LogP contribution >= 0.6 is 7.82 Å². The molecule has 8 nitrogen and oxygen atoms in total. The van der Waals surface area contributed by atoms with Gasteiger partial charge >= 0.3 is 7.82 Å². The van der Waals surface area contributed by atoms with Gasteiger partial charge in [-0.2, -0.15) is 0 Å². The molecule has 48 heavy (non-hydrogen) atoms. The molecule has 1 amide bonds. The molecule has 0 aliphatic rings. The molecule has 0 fully saturated rings. The molecule has 0 saturated heterocycles. The van der Waals surface area contributed by atoms with E-state index in [1.165, 1.54) is 83.5 Å². The molecule has 282 valence electrons. The highest BCUT2D eigenvalue weighted by Crippen LogP contribution is 2.43. The van der Waals surface area contributed by atoms with Crippen molar-refractivity contribution in [1.29, 1.82) is 0 Å². The number of phosphoric ester groups is 1. The second-order valence-corrected chi connectivity index (χ2v) is 15.7. The lowest BCUT2D eigenvalue weighted by Crippen LogP contribution is -2.45. The van der Waals surface area contributed by atoms with Crippen LogP contribution in [0.15, 0.2) is 36.5 Å². The van der Waals surface area contributed by atoms with Gasteiger partial charge in [0.15, 0.2) is 0 Å². The highest BCUT2D eigenvalue weighted by molar-refractivity contribution is 7.47. The summed E-state index contributed by atoms with van der Waals surface area (Å²) in [5.74, 6) is -0.211. The SMILES string of the molecule is CCCCCCCCCCCCCC/C=C/CC/C=C/CC/C=C/C(O)C(COP(=O)(O)OCC[N+](C)(C)C)NC(=O)CCCCCC. The molecule has 0 saturated carbocycles. The van der Waals surface area contributed by atoms with Crippen LogP contribution in [0.5, 0.6) is 0 Å². The molecule has 0 rings (SSSR count). The van der Waals surface area contributed by atoms with Crippen LogP contribution in [0.25, 0.3) is 0 Å². The Bertz CT molecular complexity index is 886. The first kappa shape index (κ1) is 46.7. The summed E-state index contributed by atoms with van der Waals surface area (Å²) < 4.78 is 23.2. The van der Waals surface area contributed by atoms with Crippen LogP contribution in [0, 0.1) is 0 Å². The minimum absolute atomic E-state index is 0.0530. The lowest BCUT2D eigenvalue weighted by molar-refractivity contribution is -0.870. The predicted octanol–water partition coefficient (Wildman–Crippen LogP) is 9.96. The number of carbonyl (C=O) groups is 1.